The van der Waals surface area contributed by atoms with Crippen LogP contribution in [0.1, 0.15) is 28.8 Å². The Morgan fingerprint density at radius 2 is 0.597 bits per heavy atom. The smallest absolute Gasteiger partial charge is 0.307 e. The van der Waals surface area contributed by atoms with Crippen LogP contribution in [-0.2, 0) is 18.8 Å². The van der Waals surface area contributed by atoms with Crippen molar-refractivity contribution in [3.63, 3.8) is 0 Å². The molecular weight excluding hydrogens is 915 g/mol. The monoisotopic (exact) mass is 952 g/mol. The molecule has 0 atom stereocenters. The molecule has 0 aliphatic heterocycles. The number of rotatable bonds is 5. The van der Waals surface area contributed by atoms with E-state index in [9.17, 15) is 0 Å². The quantitative estimate of drug-likeness (QED) is 0.153. The SMILES string of the molecule is FC(F)(F)c1cc(-n2c3ccccc3c3ccccc32)c(-n2c3c(c4ccccc42)CCC=C3)cc1-c1cc(-n2c3ccccc3c3ccccc32)c(-n2c3ccccc3c3ccccc32)cc1C(F)(F)F. The lowest BCUT2D eigenvalue weighted by Gasteiger charge is -2.26. The van der Waals surface area contributed by atoms with Crippen molar-refractivity contribution in [2.24, 2.45) is 0 Å². The maximum Gasteiger partial charge on any atom is 0.417 e. The van der Waals surface area contributed by atoms with Gasteiger partial charge in [-0.25, -0.2) is 0 Å². The average Bonchev–Trinajstić information content (AvgIpc) is 4.13. The predicted molar refractivity (Wildman–Crippen MR) is 279 cm³/mol. The topological polar surface area (TPSA) is 19.7 Å². The van der Waals surface area contributed by atoms with E-state index in [0.29, 0.717) is 45.2 Å². The molecule has 13 aromatic rings. The summed E-state index contributed by atoms with van der Waals surface area (Å²) in [6.45, 7) is 0. The summed E-state index contributed by atoms with van der Waals surface area (Å²) in [4.78, 5) is 0. The fourth-order valence-electron chi connectivity index (χ4n) is 11.8. The number of nitrogens with zero attached hydrogens (tertiary/aromatic N) is 4. The predicted octanol–water partition coefficient (Wildman–Crippen LogP) is 17.6. The summed E-state index contributed by atoms with van der Waals surface area (Å²) in [7, 11) is 0. The maximum absolute atomic E-state index is 16.5. The van der Waals surface area contributed by atoms with Gasteiger partial charge in [-0.1, -0.05) is 133 Å². The van der Waals surface area contributed by atoms with Crippen LogP contribution in [0.25, 0.3) is 116 Å². The second-order valence-electron chi connectivity index (χ2n) is 18.5. The van der Waals surface area contributed by atoms with Crippen LogP contribution in [0.5, 0.6) is 0 Å². The first kappa shape index (κ1) is 42.1. The van der Waals surface area contributed by atoms with Gasteiger partial charge in [0.15, 0.2) is 0 Å². The zero-order valence-electron chi connectivity index (χ0n) is 38.1. The van der Waals surface area contributed by atoms with Gasteiger partial charge in [0.1, 0.15) is 0 Å². The number of hydrogen-bond donors (Lipinski definition) is 0. The number of allylic oxidation sites excluding steroid dienone is 1. The highest BCUT2D eigenvalue weighted by Gasteiger charge is 2.41. The van der Waals surface area contributed by atoms with Crippen molar-refractivity contribution in [2.75, 3.05) is 0 Å². The van der Waals surface area contributed by atoms with Crippen LogP contribution in [0.2, 0.25) is 0 Å². The van der Waals surface area contributed by atoms with Crippen molar-refractivity contribution < 1.29 is 26.3 Å². The van der Waals surface area contributed by atoms with Crippen molar-refractivity contribution in [1.82, 2.24) is 18.3 Å². The zero-order valence-corrected chi connectivity index (χ0v) is 38.1. The summed E-state index contributed by atoms with van der Waals surface area (Å²) >= 11 is 0. The minimum Gasteiger partial charge on any atom is -0.307 e. The third-order valence-electron chi connectivity index (χ3n) is 14.7. The van der Waals surface area contributed by atoms with E-state index >= 15 is 26.3 Å². The van der Waals surface area contributed by atoms with E-state index in [4.69, 9.17) is 0 Å². The number of aromatic nitrogens is 4. The molecule has 0 saturated carbocycles. The fraction of sp³-hybridized carbons (Fsp3) is 0.0645. The molecule has 0 bridgehead atoms. The molecule has 4 aromatic heterocycles. The van der Waals surface area contributed by atoms with Crippen molar-refractivity contribution >= 4 is 82.4 Å². The minimum atomic E-state index is -5.13. The Morgan fingerprint density at radius 1 is 0.319 bits per heavy atom. The first-order valence-electron chi connectivity index (χ1n) is 23.8. The standard InChI is InChI=1S/C62H38F6N4/c63-61(64,65)47-35-59(71-53-29-13-5-21-41(53)42-22-6-14-30-54(42)71)57(69-49-25-9-1-17-37(49)38-18-2-10-26-50(38)69)33-45(47)46-34-58(70-51-27-11-3-19-39(51)40-20-4-12-28-52(40)70)60(36-48(46)62(66,67)68)72-55-31-15-7-23-43(55)44-24-8-16-32-56(44)72/h1-3,5-19,21-36H,4,20H2. The van der Waals surface area contributed by atoms with Gasteiger partial charge in [0.2, 0.25) is 0 Å². The summed E-state index contributed by atoms with van der Waals surface area (Å²) in [6, 6.07) is 57.9. The lowest BCUT2D eigenvalue weighted by Crippen LogP contribution is -2.16. The molecule has 0 spiro atoms. The molecule has 1 aliphatic carbocycles. The minimum absolute atomic E-state index is 0.154. The summed E-state index contributed by atoms with van der Waals surface area (Å²) in [5, 5.41) is 5.90. The van der Waals surface area contributed by atoms with E-state index in [-0.39, 0.29) is 17.1 Å². The van der Waals surface area contributed by atoms with E-state index in [1.807, 2.05) is 200 Å². The van der Waals surface area contributed by atoms with E-state index in [1.54, 1.807) is 0 Å². The molecule has 0 N–H and O–H groups in total. The average molecular weight is 953 g/mol. The van der Waals surface area contributed by atoms with Crippen molar-refractivity contribution in [3.05, 3.63) is 223 Å². The van der Waals surface area contributed by atoms with Crippen LogP contribution in [0.3, 0.4) is 0 Å². The third kappa shape index (κ3) is 6.08. The van der Waals surface area contributed by atoms with Crippen molar-refractivity contribution in [1.29, 1.82) is 0 Å². The number of benzene rings is 9. The van der Waals surface area contributed by atoms with Gasteiger partial charge >= 0.3 is 12.4 Å². The molecule has 9 aromatic carbocycles. The Labute approximate surface area is 407 Å². The lowest BCUT2D eigenvalue weighted by atomic mass is 9.91. The van der Waals surface area contributed by atoms with E-state index in [0.717, 1.165) is 73.0 Å². The number of para-hydroxylation sites is 7. The second-order valence-corrected chi connectivity index (χ2v) is 18.5. The fourth-order valence-corrected chi connectivity index (χ4v) is 11.8. The lowest BCUT2D eigenvalue weighted by molar-refractivity contribution is -0.139. The van der Waals surface area contributed by atoms with Crippen LogP contribution < -0.4 is 0 Å². The molecule has 0 fully saturated rings. The van der Waals surface area contributed by atoms with Crippen LogP contribution in [-0.4, -0.2) is 18.3 Å². The van der Waals surface area contributed by atoms with E-state index < -0.39 is 34.6 Å². The maximum atomic E-state index is 16.5. The van der Waals surface area contributed by atoms with Gasteiger partial charge in [0.05, 0.1) is 72.5 Å². The molecule has 0 saturated heterocycles. The van der Waals surface area contributed by atoms with Gasteiger partial charge in [0, 0.05) is 43.4 Å². The molecule has 4 nitrogen and oxygen atoms in total. The summed E-state index contributed by atoms with van der Waals surface area (Å²) < 4.78 is 107. The zero-order chi connectivity index (χ0) is 48.6. The second kappa shape index (κ2) is 15.4. The molecular formula is C62H38F6N4. The first-order chi connectivity index (χ1) is 35.0. The summed E-state index contributed by atoms with van der Waals surface area (Å²) in [5.41, 5.74) is 3.76. The Bertz CT molecular complexity index is 4280. The summed E-state index contributed by atoms with van der Waals surface area (Å²) in [5.74, 6) is 0. The van der Waals surface area contributed by atoms with Gasteiger partial charge in [-0.2, -0.15) is 26.3 Å². The van der Waals surface area contributed by atoms with Crippen molar-refractivity contribution in [3.8, 4) is 33.9 Å². The molecule has 0 unspecified atom stereocenters. The first-order valence-corrected chi connectivity index (χ1v) is 23.8. The highest BCUT2D eigenvalue weighted by Crippen LogP contribution is 2.50. The molecule has 72 heavy (non-hydrogen) atoms. The van der Waals surface area contributed by atoms with Crippen LogP contribution in [0.15, 0.2) is 200 Å². The third-order valence-corrected chi connectivity index (χ3v) is 14.7. The Kier molecular flexibility index (Phi) is 9.00. The van der Waals surface area contributed by atoms with Gasteiger partial charge < -0.3 is 18.3 Å². The van der Waals surface area contributed by atoms with E-state index in [1.165, 1.54) is 12.1 Å². The van der Waals surface area contributed by atoms with Gasteiger partial charge in [0.25, 0.3) is 0 Å². The Hall–Kier alpha value is -8.76. The molecule has 0 radical (unpaired) electrons. The molecule has 0 amide bonds. The van der Waals surface area contributed by atoms with Gasteiger partial charge in [-0.3, -0.25) is 0 Å². The number of fused-ring (bicyclic) bond motifs is 12. The van der Waals surface area contributed by atoms with Gasteiger partial charge in [-0.05, 0) is 102 Å². The van der Waals surface area contributed by atoms with Crippen LogP contribution >= 0.6 is 0 Å². The number of hydrogen-bond acceptors (Lipinski definition) is 0. The molecule has 4 heterocycles. The number of halogens is 6. The largest absolute Gasteiger partial charge is 0.417 e. The highest BCUT2D eigenvalue weighted by molar-refractivity contribution is 6.13. The van der Waals surface area contributed by atoms with Gasteiger partial charge in [-0.15, -0.1) is 0 Å². The van der Waals surface area contributed by atoms with E-state index in [2.05, 4.69) is 0 Å². The van der Waals surface area contributed by atoms with Crippen LogP contribution in [0, 0.1) is 0 Å². The number of aryl methyl sites for hydroxylation is 1. The highest BCUT2D eigenvalue weighted by atomic mass is 19.4. The molecule has 14 rings (SSSR count). The molecule has 10 heteroatoms. The summed E-state index contributed by atoms with van der Waals surface area (Å²) in [6.07, 6.45) is -4.79. The van der Waals surface area contributed by atoms with Crippen LogP contribution in [0.4, 0.5) is 26.3 Å². The molecule has 348 valence electrons. The van der Waals surface area contributed by atoms with Crippen molar-refractivity contribution in [2.45, 2.75) is 25.2 Å². The normalized spacial score (nSPS) is 13.2. The Balaban J connectivity index is 1.18. The molecule has 1 aliphatic rings. The Morgan fingerprint density at radius 3 is 0.931 bits per heavy atom. The number of alkyl halides is 6.